The van der Waals surface area contributed by atoms with Gasteiger partial charge >= 0.3 is 0 Å². The third-order valence-corrected chi connectivity index (χ3v) is 3.18. The van der Waals surface area contributed by atoms with Crippen LogP contribution in [0.3, 0.4) is 0 Å². The average Bonchev–Trinajstić information content (AvgIpc) is 2.87. The molecule has 76 valence electrons. The zero-order chi connectivity index (χ0) is 9.80. The minimum atomic E-state index is 0.0538. The van der Waals surface area contributed by atoms with Crippen LogP contribution in [0.25, 0.3) is 0 Å². The molecule has 0 bridgehead atoms. The van der Waals surface area contributed by atoms with Crippen molar-refractivity contribution >= 4 is 17.2 Å². The lowest BCUT2D eigenvalue weighted by molar-refractivity contribution is 0.0948. The van der Waals surface area contributed by atoms with E-state index in [0.717, 1.165) is 25.2 Å². The molecule has 1 aliphatic heterocycles. The van der Waals surface area contributed by atoms with Crippen LogP contribution < -0.4 is 10.6 Å². The number of rotatable bonds is 3. The van der Waals surface area contributed by atoms with Gasteiger partial charge in [0.05, 0.1) is 0 Å². The number of hydrogen-bond donors (Lipinski definition) is 2. The molecule has 1 aliphatic rings. The van der Waals surface area contributed by atoms with E-state index >= 15 is 0 Å². The first kappa shape index (κ1) is 9.68. The summed E-state index contributed by atoms with van der Waals surface area (Å²) in [4.78, 5) is 11.5. The lowest BCUT2D eigenvalue weighted by atomic mass is 10.1. The zero-order valence-electron chi connectivity index (χ0n) is 7.95. The molecular formula is C10H14N2OS. The van der Waals surface area contributed by atoms with E-state index in [2.05, 4.69) is 10.6 Å². The largest absolute Gasteiger partial charge is 0.352 e. The average molecular weight is 210 g/mol. The van der Waals surface area contributed by atoms with Crippen LogP contribution in [-0.4, -0.2) is 25.5 Å². The molecule has 0 spiro atoms. The second-order valence-corrected chi connectivity index (χ2v) is 4.36. The summed E-state index contributed by atoms with van der Waals surface area (Å²) in [6.07, 6.45) is 1.17. The predicted molar refractivity (Wildman–Crippen MR) is 57.6 cm³/mol. The van der Waals surface area contributed by atoms with E-state index in [4.69, 9.17) is 0 Å². The minimum Gasteiger partial charge on any atom is -0.352 e. The summed E-state index contributed by atoms with van der Waals surface area (Å²) in [7, 11) is 0. The van der Waals surface area contributed by atoms with E-state index in [0.29, 0.717) is 5.92 Å². The molecule has 2 N–H and O–H groups in total. The van der Waals surface area contributed by atoms with Crippen molar-refractivity contribution in [1.82, 2.24) is 10.6 Å². The first-order chi connectivity index (χ1) is 6.86. The van der Waals surface area contributed by atoms with E-state index in [1.807, 2.05) is 16.8 Å². The lowest BCUT2D eigenvalue weighted by Crippen LogP contribution is -2.29. The monoisotopic (exact) mass is 210 g/mol. The van der Waals surface area contributed by atoms with Crippen LogP contribution >= 0.6 is 11.3 Å². The maximum absolute atomic E-state index is 11.5. The van der Waals surface area contributed by atoms with Crippen molar-refractivity contribution in [3.8, 4) is 0 Å². The van der Waals surface area contributed by atoms with Crippen LogP contribution in [0.4, 0.5) is 0 Å². The molecule has 0 radical (unpaired) electrons. The molecule has 0 unspecified atom stereocenters. The van der Waals surface area contributed by atoms with Gasteiger partial charge in [0.1, 0.15) is 0 Å². The highest BCUT2D eigenvalue weighted by Crippen LogP contribution is 2.08. The van der Waals surface area contributed by atoms with E-state index in [-0.39, 0.29) is 5.91 Å². The summed E-state index contributed by atoms with van der Waals surface area (Å²) in [6.45, 7) is 2.91. The van der Waals surface area contributed by atoms with Gasteiger partial charge in [-0.25, -0.2) is 0 Å². The van der Waals surface area contributed by atoms with E-state index in [1.165, 1.54) is 6.42 Å². The Morgan fingerprint density at radius 3 is 3.29 bits per heavy atom. The molecule has 0 aromatic carbocycles. The standard InChI is InChI=1S/C10H14N2OS/c13-10(9-2-4-14-7-9)12-6-8-1-3-11-5-8/h2,4,7-8,11H,1,3,5-6H2,(H,12,13)/t8-/m1/s1. The fourth-order valence-corrected chi connectivity index (χ4v) is 2.26. The van der Waals surface area contributed by atoms with Crippen molar-refractivity contribution < 1.29 is 4.79 Å². The second kappa shape index (κ2) is 4.57. The van der Waals surface area contributed by atoms with Crippen molar-refractivity contribution in [2.45, 2.75) is 6.42 Å². The van der Waals surface area contributed by atoms with Gasteiger partial charge < -0.3 is 10.6 Å². The van der Waals surface area contributed by atoms with Crippen molar-refractivity contribution in [1.29, 1.82) is 0 Å². The van der Waals surface area contributed by atoms with Crippen LogP contribution in [0.15, 0.2) is 16.8 Å². The third-order valence-electron chi connectivity index (χ3n) is 2.50. The molecule has 4 heteroatoms. The molecule has 2 rings (SSSR count). The fraction of sp³-hybridized carbons (Fsp3) is 0.500. The highest BCUT2D eigenvalue weighted by molar-refractivity contribution is 7.08. The Bertz CT molecular complexity index is 291. The summed E-state index contributed by atoms with van der Waals surface area (Å²) in [5, 5.41) is 10.0. The van der Waals surface area contributed by atoms with E-state index in [9.17, 15) is 4.79 Å². The Kier molecular flexibility index (Phi) is 3.16. The van der Waals surface area contributed by atoms with E-state index in [1.54, 1.807) is 11.3 Å². The van der Waals surface area contributed by atoms with Gasteiger partial charge in [-0.2, -0.15) is 11.3 Å². The highest BCUT2D eigenvalue weighted by Gasteiger charge is 2.15. The highest BCUT2D eigenvalue weighted by atomic mass is 32.1. The Hall–Kier alpha value is -0.870. The van der Waals surface area contributed by atoms with Crippen LogP contribution in [-0.2, 0) is 0 Å². The first-order valence-corrected chi connectivity index (χ1v) is 5.81. The molecule has 1 fully saturated rings. The van der Waals surface area contributed by atoms with Crippen molar-refractivity contribution in [2.75, 3.05) is 19.6 Å². The number of amides is 1. The first-order valence-electron chi connectivity index (χ1n) is 4.87. The molecule has 1 saturated heterocycles. The van der Waals surface area contributed by atoms with Crippen molar-refractivity contribution in [3.63, 3.8) is 0 Å². The predicted octanol–water partition coefficient (Wildman–Crippen LogP) is 1.09. The van der Waals surface area contributed by atoms with Gasteiger partial charge in [0, 0.05) is 17.5 Å². The number of thiophene rings is 1. The number of hydrogen-bond acceptors (Lipinski definition) is 3. The topological polar surface area (TPSA) is 41.1 Å². The maximum Gasteiger partial charge on any atom is 0.252 e. The van der Waals surface area contributed by atoms with Gasteiger partial charge in [-0.05, 0) is 36.9 Å². The molecule has 1 aromatic heterocycles. The molecule has 0 aliphatic carbocycles. The Morgan fingerprint density at radius 1 is 1.71 bits per heavy atom. The van der Waals surface area contributed by atoms with Crippen LogP contribution in [0.1, 0.15) is 16.8 Å². The number of carbonyl (C=O) groups excluding carboxylic acids is 1. The smallest absolute Gasteiger partial charge is 0.252 e. The van der Waals surface area contributed by atoms with Gasteiger partial charge in [0.2, 0.25) is 0 Å². The minimum absolute atomic E-state index is 0.0538. The molecule has 0 saturated carbocycles. The van der Waals surface area contributed by atoms with Crippen molar-refractivity contribution in [2.24, 2.45) is 5.92 Å². The van der Waals surface area contributed by atoms with Crippen molar-refractivity contribution in [3.05, 3.63) is 22.4 Å². The molecule has 1 amide bonds. The summed E-state index contributed by atoms with van der Waals surface area (Å²) in [5.74, 6) is 0.663. The molecular weight excluding hydrogens is 196 g/mol. The second-order valence-electron chi connectivity index (χ2n) is 3.58. The van der Waals surface area contributed by atoms with E-state index < -0.39 is 0 Å². The SMILES string of the molecule is O=C(NC[C@@H]1CCNC1)c1ccsc1. The van der Waals surface area contributed by atoms with Gasteiger partial charge in [0.15, 0.2) is 0 Å². The normalized spacial score (nSPS) is 21.0. The Balaban J connectivity index is 1.78. The summed E-state index contributed by atoms with van der Waals surface area (Å²) in [6, 6.07) is 1.85. The summed E-state index contributed by atoms with van der Waals surface area (Å²) in [5.41, 5.74) is 0.779. The molecule has 2 heterocycles. The van der Waals surface area contributed by atoms with Crippen LogP contribution in [0.2, 0.25) is 0 Å². The lowest BCUT2D eigenvalue weighted by Gasteiger charge is -2.08. The van der Waals surface area contributed by atoms with Gasteiger partial charge in [-0.3, -0.25) is 4.79 Å². The van der Waals surface area contributed by atoms with Crippen LogP contribution in [0, 0.1) is 5.92 Å². The third kappa shape index (κ3) is 2.33. The Labute approximate surface area is 87.5 Å². The Morgan fingerprint density at radius 2 is 2.64 bits per heavy atom. The maximum atomic E-state index is 11.5. The van der Waals surface area contributed by atoms with Gasteiger partial charge in [-0.1, -0.05) is 0 Å². The quantitative estimate of drug-likeness (QED) is 0.784. The molecule has 3 nitrogen and oxygen atoms in total. The molecule has 1 aromatic rings. The summed E-state index contributed by atoms with van der Waals surface area (Å²) < 4.78 is 0. The van der Waals surface area contributed by atoms with Gasteiger partial charge in [-0.15, -0.1) is 0 Å². The molecule has 1 atom stereocenters. The summed E-state index contributed by atoms with van der Waals surface area (Å²) >= 11 is 1.55. The number of carbonyl (C=O) groups is 1. The zero-order valence-corrected chi connectivity index (χ0v) is 8.77. The van der Waals surface area contributed by atoms with Crippen LogP contribution in [0.5, 0.6) is 0 Å². The fourth-order valence-electron chi connectivity index (χ4n) is 1.62. The number of nitrogens with one attached hydrogen (secondary N) is 2. The van der Waals surface area contributed by atoms with Gasteiger partial charge in [0.25, 0.3) is 5.91 Å². The molecule has 14 heavy (non-hydrogen) atoms.